The average molecular weight is 308 g/mol. The minimum absolute atomic E-state index is 0.124. The molecule has 2 aromatic rings. The Morgan fingerprint density at radius 3 is 2.90 bits per heavy atom. The summed E-state index contributed by atoms with van der Waals surface area (Å²) in [5.74, 6) is 0.871. The third-order valence-corrected chi connectivity index (χ3v) is 3.81. The van der Waals surface area contributed by atoms with Gasteiger partial charge in [-0.2, -0.15) is 5.10 Å². The Morgan fingerprint density at radius 2 is 2.24 bits per heavy atom. The summed E-state index contributed by atoms with van der Waals surface area (Å²) in [6, 6.07) is 8.23. The zero-order valence-electron chi connectivity index (χ0n) is 12.8. The Kier molecular flexibility index (Phi) is 5.65. The van der Waals surface area contributed by atoms with Crippen molar-refractivity contribution in [2.24, 2.45) is 0 Å². The van der Waals surface area contributed by atoms with E-state index in [2.05, 4.69) is 29.5 Å². The number of hydrogen-bond acceptors (Lipinski definition) is 3. The Hall–Kier alpha value is -1.52. The first kappa shape index (κ1) is 15.9. The smallest absolute Gasteiger partial charge is 0.119 e. The highest BCUT2D eigenvalue weighted by Gasteiger charge is 2.19. The predicted molar refractivity (Wildman–Crippen MR) is 86.0 cm³/mol. The second kappa shape index (κ2) is 7.48. The first-order valence-electron chi connectivity index (χ1n) is 7.21. The molecule has 0 saturated carbocycles. The van der Waals surface area contributed by atoms with Crippen molar-refractivity contribution in [2.45, 2.75) is 32.4 Å². The molecule has 1 aromatic heterocycles. The molecule has 1 aromatic carbocycles. The molecule has 0 radical (unpaired) electrons. The van der Waals surface area contributed by atoms with Gasteiger partial charge in [0.1, 0.15) is 5.75 Å². The van der Waals surface area contributed by atoms with Crippen molar-refractivity contribution >= 4 is 11.6 Å². The molecule has 0 aliphatic rings. The minimum Gasteiger partial charge on any atom is -0.497 e. The van der Waals surface area contributed by atoms with Crippen molar-refractivity contribution in [2.75, 3.05) is 14.2 Å². The fraction of sp³-hybridized carbons (Fsp3) is 0.438. The molecule has 1 atom stereocenters. The highest BCUT2D eigenvalue weighted by Crippen LogP contribution is 2.26. The molecular formula is C16H22ClN3O. The summed E-state index contributed by atoms with van der Waals surface area (Å²) in [6.45, 7) is 3.01. The lowest BCUT2D eigenvalue weighted by molar-refractivity contribution is 0.413. The molecule has 0 aliphatic carbocycles. The van der Waals surface area contributed by atoms with Crippen LogP contribution < -0.4 is 10.1 Å². The van der Waals surface area contributed by atoms with E-state index >= 15 is 0 Å². The standard InChI is InChI=1S/C16H22ClN3O/c1-4-8-20-16(14(17)11-19-20)15(18-2)10-12-6-5-7-13(9-12)21-3/h5-7,9,11,15,18H,4,8,10H2,1-3H3. The van der Waals surface area contributed by atoms with Crippen LogP contribution in [0.5, 0.6) is 5.75 Å². The lowest BCUT2D eigenvalue weighted by Crippen LogP contribution is -2.23. The van der Waals surface area contributed by atoms with Crippen LogP contribution in [0.1, 0.15) is 30.6 Å². The second-order valence-electron chi connectivity index (χ2n) is 5.00. The van der Waals surface area contributed by atoms with E-state index in [0.29, 0.717) is 5.02 Å². The van der Waals surface area contributed by atoms with Gasteiger partial charge in [-0.05, 0) is 37.6 Å². The van der Waals surface area contributed by atoms with Gasteiger partial charge < -0.3 is 10.1 Å². The van der Waals surface area contributed by atoms with Crippen LogP contribution in [0.3, 0.4) is 0 Å². The Labute approximate surface area is 131 Å². The van der Waals surface area contributed by atoms with E-state index in [9.17, 15) is 0 Å². The molecule has 4 nitrogen and oxygen atoms in total. The molecule has 21 heavy (non-hydrogen) atoms. The topological polar surface area (TPSA) is 39.1 Å². The zero-order chi connectivity index (χ0) is 15.2. The largest absolute Gasteiger partial charge is 0.497 e. The number of nitrogens with one attached hydrogen (secondary N) is 1. The molecule has 0 spiro atoms. The van der Waals surface area contributed by atoms with Gasteiger partial charge in [0, 0.05) is 6.54 Å². The molecule has 0 aliphatic heterocycles. The van der Waals surface area contributed by atoms with E-state index in [1.807, 2.05) is 23.9 Å². The monoisotopic (exact) mass is 307 g/mol. The molecule has 0 fully saturated rings. The molecule has 1 heterocycles. The number of methoxy groups -OCH3 is 1. The molecule has 1 unspecified atom stereocenters. The molecule has 114 valence electrons. The normalized spacial score (nSPS) is 12.4. The van der Waals surface area contributed by atoms with Crippen molar-refractivity contribution in [3.8, 4) is 5.75 Å². The lowest BCUT2D eigenvalue weighted by Gasteiger charge is -2.19. The maximum Gasteiger partial charge on any atom is 0.119 e. The van der Waals surface area contributed by atoms with Gasteiger partial charge in [-0.1, -0.05) is 30.7 Å². The van der Waals surface area contributed by atoms with Gasteiger partial charge in [-0.15, -0.1) is 0 Å². The number of benzene rings is 1. The van der Waals surface area contributed by atoms with Crippen LogP contribution in [0.15, 0.2) is 30.5 Å². The molecule has 0 saturated heterocycles. The van der Waals surface area contributed by atoms with Crippen molar-refractivity contribution in [1.29, 1.82) is 0 Å². The van der Waals surface area contributed by atoms with Gasteiger partial charge in [0.25, 0.3) is 0 Å². The van der Waals surface area contributed by atoms with Crippen molar-refractivity contribution in [3.63, 3.8) is 0 Å². The van der Waals surface area contributed by atoms with Gasteiger partial charge >= 0.3 is 0 Å². The second-order valence-corrected chi connectivity index (χ2v) is 5.41. The quantitative estimate of drug-likeness (QED) is 0.851. The van der Waals surface area contributed by atoms with Gasteiger partial charge in [-0.3, -0.25) is 4.68 Å². The highest BCUT2D eigenvalue weighted by molar-refractivity contribution is 6.31. The summed E-state index contributed by atoms with van der Waals surface area (Å²) < 4.78 is 7.27. The van der Waals surface area contributed by atoms with Crippen LogP contribution in [0, 0.1) is 0 Å². The summed E-state index contributed by atoms with van der Waals surface area (Å²) >= 11 is 6.33. The van der Waals surface area contributed by atoms with Crippen LogP contribution >= 0.6 is 11.6 Å². The number of aromatic nitrogens is 2. The highest BCUT2D eigenvalue weighted by atomic mass is 35.5. The number of halogens is 1. The van der Waals surface area contributed by atoms with Crippen molar-refractivity contribution < 1.29 is 4.74 Å². The van der Waals surface area contributed by atoms with Gasteiger partial charge in [-0.25, -0.2) is 0 Å². The number of nitrogens with zero attached hydrogens (tertiary/aromatic N) is 2. The summed E-state index contributed by atoms with van der Waals surface area (Å²) in [5.41, 5.74) is 2.25. The SMILES string of the molecule is CCCn1ncc(Cl)c1C(Cc1cccc(OC)c1)NC. The van der Waals surface area contributed by atoms with E-state index in [1.54, 1.807) is 13.3 Å². The molecule has 2 rings (SSSR count). The molecule has 5 heteroatoms. The predicted octanol–water partition coefficient (Wildman–Crippen LogP) is 3.46. The van der Waals surface area contributed by atoms with E-state index < -0.39 is 0 Å². The van der Waals surface area contributed by atoms with E-state index in [-0.39, 0.29) is 6.04 Å². The molecule has 1 N–H and O–H groups in total. The number of aryl methyl sites for hydroxylation is 1. The summed E-state index contributed by atoms with van der Waals surface area (Å²) in [6.07, 6.45) is 3.59. The summed E-state index contributed by atoms with van der Waals surface area (Å²) in [5, 5.41) is 8.43. The first-order chi connectivity index (χ1) is 10.2. The van der Waals surface area contributed by atoms with Crippen LogP contribution in [-0.4, -0.2) is 23.9 Å². The summed E-state index contributed by atoms with van der Waals surface area (Å²) in [7, 11) is 3.63. The number of likely N-dealkylation sites (N-methyl/N-ethyl adjacent to an activating group) is 1. The van der Waals surface area contributed by atoms with Crippen molar-refractivity contribution in [3.05, 3.63) is 46.7 Å². The lowest BCUT2D eigenvalue weighted by atomic mass is 10.0. The average Bonchev–Trinajstić information content (AvgIpc) is 2.86. The van der Waals surface area contributed by atoms with E-state index in [4.69, 9.17) is 16.3 Å². The van der Waals surface area contributed by atoms with Crippen LogP contribution in [0.4, 0.5) is 0 Å². The fourth-order valence-electron chi connectivity index (χ4n) is 2.48. The fourth-order valence-corrected chi connectivity index (χ4v) is 2.75. The molecule has 0 amide bonds. The van der Waals surface area contributed by atoms with Gasteiger partial charge in [0.2, 0.25) is 0 Å². The van der Waals surface area contributed by atoms with Crippen LogP contribution in [0.2, 0.25) is 5.02 Å². The maximum atomic E-state index is 6.33. The maximum absolute atomic E-state index is 6.33. The molecule has 0 bridgehead atoms. The number of hydrogen-bond donors (Lipinski definition) is 1. The van der Waals surface area contributed by atoms with Gasteiger partial charge in [0.15, 0.2) is 0 Å². The first-order valence-corrected chi connectivity index (χ1v) is 7.58. The Morgan fingerprint density at radius 1 is 1.43 bits per heavy atom. The number of ether oxygens (including phenoxy) is 1. The minimum atomic E-state index is 0.124. The van der Waals surface area contributed by atoms with E-state index in [0.717, 1.165) is 30.8 Å². The summed E-state index contributed by atoms with van der Waals surface area (Å²) in [4.78, 5) is 0. The van der Waals surface area contributed by atoms with Crippen LogP contribution in [-0.2, 0) is 13.0 Å². The zero-order valence-corrected chi connectivity index (χ0v) is 13.5. The van der Waals surface area contributed by atoms with Crippen LogP contribution in [0.25, 0.3) is 0 Å². The van der Waals surface area contributed by atoms with Gasteiger partial charge in [0.05, 0.1) is 30.1 Å². The molecular weight excluding hydrogens is 286 g/mol. The third-order valence-electron chi connectivity index (χ3n) is 3.52. The van der Waals surface area contributed by atoms with Crippen molar-refractivity contribution in [1.82, 2.24) is 15.1 Å². The number of rotatable bonds is 7. The third kappa shape index (κ3) is 3.77. The Bertz CT molecular complexity index is 583. The Balaban J connectivity index is 2.25. The van der Waals surface area contributed by atoms with E-state index in [1.165, 1.54) is 5.56 Å².